The molecule has 2 aromatic heterocycles. The molecule has 0 saturated carbocycles. The number of fused-ring (bicyclic) bond motifs is 1. The third-order valence-electron chi connectivity index (χ3n) is 3.19. The molecule has 0 fully saturated rings. The second-order valence-corrected chi connectivity index (χ2v) is 4.87. The van der Waals surface area contributed by atoms with Gasteiger partial charge in [0.2, 0.25) is 5.78 Å². The van der Waals surface area contributed by atoms with Gasteiger partial charge in [0.25, 0.3) is 17.3 Å². The van der Waals surface area contributed by atoms with Crippen LogP contribution < -0.4 is 15.6 Å². The number of H-pyrrole nitrogens is 1. The Labute approximate surface area is 137 Å². The number of ether oxygens (including phenoxy) is 1. The van der Waals surface area contributed by atoms with Crippen LogP contribution in [0.15, 0.2) is 35.1 Å². The van der Waals surface area contributed by atoms with E-state index in [9.17, 15) is 22.8 Å². The topological polar surface area (TPSA) is 101 Å². The highest BCUT2D eigenvalue weighted by molar-refractivity contribution is 6.03. The third kappa shape index (κ3) is 3.29. The summed E-state index contributed by atoms with van der Waals surface area (Å²) in [5.41, 5.74) is -0.524. The molecule has 0 aliphatic heterocycles. The molecule has 0 atom stereocenters. The Bertz CT molecular complexity index is 992. The fourth-order valence-corrected chi connectivity index (χ4v) is 2.03. The predicted molar refractivity (Wildman–Crippen MR) is 79.6 cm³/mol. The summed E-state index contributed by atoms with van der Waals surface area (Å²) in [6.07, 6.45) is -4.79. The molecule has 0 unspecified atom stereocenters. The Morgan fingerprint density at radius 3 is 2.56 bits per heavy atom. The fraction of sp³-hybridized carbons (Fsp3) is 0.143. The number of rotatable bonds is 3. The monoisotopic (exact) mass is 353 g/mol. The first-order valence-electron chi connectivity index (χ1n) is 6.80. The lowest BCUT2D eigenvalue weighted by atomic mass is 10.2. The van der Waals surface area contributed by atoms with Gasteiger partial charge in [-0.3, -0.25) is 14.6 Å². The van der Waals surface area contributed by atoms with Gasteiger partial charge in [0.1, 0.15) is 11.6 Å². The van der Waals surface area contributed by atoms with Crippen molar-refractivity contribution < 1.29 is 22.7 Å². The second-order valence-electron chi connectivity index (χ2n) is 4.87. The Hall–Kier alpha value is -3.37. The van der Waals surface area contributed by atoms with Gasteiger partial charge < -0.3 is 10.1 Å². The number of hydrogen-bond acceptors (Lipinski definition) is 5. The fourth-order valence-electron chi connectivity index (χ4n) is 2.03. The van der Waals surface area contributed by atoms with E-state index in [2.05, 4.69) is 20.4 Å². The molecule has 0 saturated heterocycles. The first-order valence-corrected chi connectivity index (χ1v) is 6.80. The zero-order chi connectivity index (χ0) is 18.2. The van der Waals surface area contributed by atoms with Crippen molar-refractivity contribution in [1.82, 2.24) is 19.6 Å². The van der Waals surface area contributed by atoms with E-state index in [0.29, 0.717) is 10.3 Å². The predicted octanol–water partition coefficient (Wildman–Crippen LogP) is 1.70. The molecule has 2 heterocycles. The van der Waals surface area contributed by atoms with Gasteiger partial charge in [-0.2, -0.15) is 22.7 Å². The summed E-state index contributed by atoms with van der Waals surface area (Å²) in [6, 6.07) is 6.91. The summed E-state index contributed by atoms with van der Waals surface area (Å²) >= 11 is 0. The minimum atomic E-state index is -4.79. The molecular weight excluding hydrogens is 343 g/mol. The van der Waals surface area contributed by atoms with Crippen LogP contribution >= 0.6 is 0 Å². The zero-order valence-electron chi connectivity index (χ0n) is 12.6. The zero-order valence-corrected chi connectivity index (χ0v) is 12.6. The van der Waals surface area contributed by atoms with Gasteiger partial charge in [-0.15, -0.1) is 5.10 Å². The van der Waals surface area contributed by atoms with E-state index in [1.54, 1.807) is 12.1 Å². The quantitative estimate of drug-likeness (QED) is 0.746. The first kappa shape index (κ1) is 16.5. The summed E-state index contributed by atoms with van der Waals surface area (Å²) in [5, 5.41) is 5.61. The Kier molecular flexibility index (Phi) is 3.91. The molecule has 0 aliphatic carbocycles. The van der Waals surface area contributed by atoms with Crippen LogP contribution in [0.25, 0.3) is 5.78 Å². The molecule has 8 nitrogen and oxygen atoms in total. The van der Waals surface area contributed by atoms with Crippen LogP contribution in [0.5, 0.6) is 5.75 Å². The number of aromatic nitrogens is 4. The average Bonchev–Trinajstić information content (AvgIpc) is 2.99. The van der Waals surface area contributed by atoms with Crippen molar-refractivity contribution in [3.8, 4) is 5.75 Å². The van der Waals surface area contributed by atoms with Crippen molar-refractivity contribution in [3.05, 3.63) is 52.1 Å². The second kappa shape index (κ2) is 5.92. The molecule has 25 heavy (non-hydrogen) atoms. The van der Waals surface area contributed by atoms with E-state index in [1.165, 1.54) is 19.2 Å². The maximum Gasteiger partial charge on any atom is 0.453 e. The lowest BCUT2D eigenvalue weighted by Gasteiger charge is -2.07. The maximum absolute atomic E-state index is 12.7. The normalized spacial score (nSPS) is 11.5. The molecule has 0 radical (unpaired) electrons. The number of methoxy groups -OCH3 is 1. The van der Waals surface area contributed by atoms with Crippen LogP contribution in [0.3, 0.4) is 0 Å². The molecule has 130 valence electrons. The third-order valence-corrected chi connectivity index (χ3v) is 3.19. The average molecular weight is 353 g/mol. The highest BCUT2D eigenvalue weighted by Crippen LogP contribution is 2.26. The van der Waals surface area contributed by atoms with Crippen LogP contribution in [0.4, 0.5) is 19.0 Å². The van der Waals surface area contributed by atoms with Crippen molar-refractivity contribution in [1.29, 1.82) is 0 Å². The molecule has 3 aromatic rings. The minimum absolute atomic E-state index is 0.213. The number of halogens is 3. The van der Waals surface area contributed by atoms with Crippen LogP contribution in [0, 0.1) is 0 Å². The summed E-state index contributed by atoms with van der Waals surface area (Å²) in [6.45, 7) is 0. The highest BCUT2D eigenvalue weighted by atomic mass is 19.4. The highest BCUT2D eigenvalue weighted by Gasteiger charge is 2.36. The van der Waals surface area contributed by atoms with Gasteiger partial charge in [-0.1, -0.05) is 0 Å². The number of carbonyl (C=O) groups excluding carboxylic acids is 1. The lowest BCUT2D eigenvalue weighted by molar-refractivity contribution is -0.144. The van der Waals surface area contributed by atoms with E-state index >= 15 is 0 Å². The lowest BCUT2D eigenvalue weighted by Crippen LogP contribution is -2.18. The molecule has 0 aliphatic rings. The van der Waals surface area contributed by atoms with Gasteiger partial charge in [0.05, 0.1) is 7.11 Å². The Morgan fingerprint density at radius 2 is 1.96 bits per heavy atom. The number of aromatic amines is 1. The Balaban J connectivity index is 1.98. The maximum atomic E-state index is 12.7. The van der Waals surface area contributed by atoms with Gasteiger partial charge in [0.15, 0.2) is 0 Å². The molecular formula is C14H10F3N5O3. The molecule has 11 heteroatoms. The van der Waals surface area contributed by atoms with Crippen molar-refractivity contribution in [2.75, 3.05) is 12.4 Å². The van der Waals surface area contributed by atoms with Crippen LogP contribution in [-0.2, 0) is 6.18 Å². The van der Waals surface area contributed by atoms with E-state index in [4.69, 9.17) is 4.74 Å². The number of nitrogens with one attached hydrogen (secondary N) is 2. The minimum Gasteiger partial charge on any atom is -0.497 e. The number of carbonyl (C=O) groups is 1. The van der Waals surface area contributed by atoms with E-state index in [0.717, 1.165) is 6.07 Å². The van der Waals surface area contributed by atoms with Gasteiger partial charge in [-0.25, -0.2) is 0 Å². The number of nitrogens with zero attached hydrogens (tertiary/aromatic N) is 3. The van der Waals surface area contributed by atoms with E-state index < -0.39 is 29.2 Å². The van der Waals surface area contributed by atoms with Gasteiger partial charge in [0, 0.05) is 11.6 Å². The number of benzene rings is 1. The summed E-state index contributed by atoms with van der Waals surface area (Å²) in [7, 11) is 1.46. The summed E-state index contributed by atoms with van der Waals surface area (Å²) in [5.74, 6) is -2.23. The van der Waals surface area contributed by atoms with Gasteiger partial charge in [-0.05, 0) is 24.3 Å². The molecule has 0 spiro atoms. The summed E-state index contributed by atoms with van der Waals surface area (Å²) in [4.78, 5) is 29.1. The van der Waals surface area contributed by atoms with Crippen LogP contribution in [0.2, 0.25) is 0 Å². The number of alkyl halides is 3. The van der Waals surface area contributed by atoms with Crippen molar-refractivity contribution >= 4 is 17.5 Å². The smallest absolute Gasteiger partial charge is 0.453 e. The van der Waals surface area contributed by atoms with Crippen LogP contribution in [0.1, 0.15) is 16.2 Å². The van der Waals surface area contributed by atoms with Crippen molar-refractivity contribution in [3.63, 3.8) is 0 Å². The molecule has 3 rings (SSSR count). The molecule has 0 bridgehead atoms. The van der Waals surface area contributed by atoms with Gasteiger partial charge >= 0.3 is 6.18 Å². The van der Waals surface area contributed by atoms with Crippen LogP contribution in [-0.4, -0.2) is 32.6 Å². The number of amides is 1. The molecule has 1 amide bonds. The van der Waals surface area contributed by atoms with E-state index in [1.807, 2.05) is 0 Å². The largest absolute Gasteiger partial charge is 0.497 e. The standard InChI is InChI=1S/C14H10F3N5O3/c1-25-8-4-2-7(3-5-8)11(24)18-9-6-10(23)19-13-20-12(14(15,16)17)21-22(9)13/h2-6H,1H3,(H,18,24)(H,19,20,21,23). The first-order chi connectivity index (χ1) is 11.8. The Morgan fingerprint density at radius 1 is 1.28 bits per heavy atom. The number of anilines is 1. The molecule has 2 N–H and O–H groups in total. The number of hydrogen-bond donors (Lipinski definition) is 2. The van der Waals surface area contributed by atoms with Crippen molar-refractivity contribution in [2.24, 2.45) is 0 Å². The molecule has 1 aromatic carbocycles. The van der Waals surface area contributed by atoms with Crippen molar-refractivity contribution in [2.45, 2.75) is 6.18 Å². The SMILES string of the molecule is COc1ccc(C(=O)Nc2cc(=O)[nH]c3nc(C(F)(F)F)nn23)cc1. The summed E-state index contributed by atoms with van der Waals surface area (Å²) < 4.78 is 43.9. The van der Waals surface area contributed by atoms with E-state index in [-0.39, 0.29) is 11.4 Å².